The maximum absolute atomic E-state index is 14.7. The summed E-state index contributed by atoms with van der Waals surface area (Å²) in [5.74, 6) is 0.730. The number of hydrogen-bond donors (Lipinski definition) is 1. The Hall–Kier alpha value is -3.03. The highest BCUT2D eigenvalue weighted by Gasteiger charge is 2.46. The number of aryl methyl sites for hydroxylation is 2. The second-order valence-corrected chi connectivity index (χ2v) is 8.77. The predicted molar refractivity (Wildman–Crippen MR) is 117 cm³/mol. The van der Waals surface area contributed by atoms with E-state index in [9.17, 15) is 9.18 Å². The molecule has 3 atom stereocenters. The number of nitrogens with zero attached hydrogens (tertiary/aromatic N) is 5. The summed E-state index contributed by atoms with van der Waals surface area (Å²) in [4.78, 5) is 26.9. The summed E-state index contributed by atoms with van der Waals surface area (Å²) < 4.78 is 14.7. The molecule has 0 aliphatic carbocycles. The van der Waals surface area contributed by atoms with Gasteiger partial charge in [0.15, 0.2) is 0 Å². The molecule has 1 aromatic heterocycles. The molecule has 2 saturated heterocycles. The van der Waals surface area contributed by atoms with Gasteiger partial charge >= 0.3 is 0 Å². The minimum absolute atomic E-state index is 0.0932. The molecule has 1 aromatic carbocycles. The van der Waals surface area contributed by atoms with Gasteiger partial charge in [-0.3, -0.25) is 4.79 Å². The quantitative estimate of drug-likeness (QED) is 0.823. The van der Waals surface area contributed by atoms with E-state index in [-0.39, 0.29) is 23.8 Å². The van der Waals surface area contributed by atoms with Crippen LogP contribution in [0.1, 0.15) is 51.8 Å². The Labute approximate surface area is 181 Å². The topological polar surface area (TPSA) is 73.7 Å². The van der Waals surface area contributed by atoms with Crippen LogP contribution in [0.4, 0.5) is 10.3 Å². The number of carbonyl (C=O) groups is 1. The van der Waals surface area contributed by atoms with Gasteiger partial charge in [-0.15, -0.1) is 0 Å². The van der Waals surface area contributed by atoms with Crippen LogP contribution in [0.2, 0.25) is 0 Å². The van der Waals surface area contributed by atoms with Crippen molar-refractivity contribution in [3.8, 4) is 0 Å². The Bertz CT molecular complexity index is 1040. The molecule has 5 rings (SSSR count). The van der Waals surface area contributed by atoms with E-state index >= 15 is 0 Å². The summed E-state index contributed by atoms with van der Waals surface area (Å²) in [6, 6.07) is 4.54. The lowest BCUT2D eigenvalue weighted by atomic mass is 9.81. The van der Waals surface area contributed by atoms with Crippen LogP contribution in [0.5, 0.6) is 0 Å². The average molecular weight is 423 g/mol. The fourth-order valence-electron chi connectivity index (χ4n) is 4.88. The summed E-state index contributed by atoms with van der Waals surface area (Å²) >= 11 is 0. The summed E-state index contributed by atoms with van der Waals surface area (Å²) in [7, 11) is 0. The van der Waals surface area contributed by atoms with Crippen LogP contribution in [0.25, 0.3) is 0 Å². The van der Waals surface area contributed by atoms with E-state index in [2.05, 4.69) is 25.4 Å². The van der Waals surface area contributed by atoms with Crippen molar-refractivity contribution in [2.24, 2.45) is 11.0 Å². The third-order valence-electron chi connectivity index (χ3n) is 7.01. The second kappa shape index (κ2) is 7.59. The molecule has 3 aliphatic rings. The number of benzene rings is 1. The number of rotatable bonds is 3. The molecule has 1 unspecified atom stereocenters. The number of carbonyl (C=O) groups excluding carboxylic acids is 1. The third-order valence-corrected chi connectivity index (χ3v) is 7.01. The Morgan fingerprint density at radius 3 is 2.65 bits per heavy atom. The maximum atomic E-state index is 14.7. The lowest BCUT2D eigenvalue weighted by Gasteiger charge is -2.53. The summed E-state index contributed by atoms with van der Waals surface area (Å²) in [5, 5.41) is 4.00. The Morgan fingerprint density at radius 2 is 1.94 bits per heavy atom. The minimum Gasteiger partial charge on any atom is -0.339 e. The maximum Gasteiger partial charge on any atom is 0.254 e. The first-order valence-corrected chi connectivity index (χ1v) is 10.9. The number of anilines is 1. The van der Waals surface area contributed by atoms with Crippen molar-refractivity contribution in [2.75, 3.05) is 24.5 Å². The van der Waals surface area contributed by atoms with Gasteiger partial charge in [-0.25, -0.2) is 14.4 Å². The van der Waals surface area contributed by atoms with Crippen LogP contribution in [-0.4, -0.2) is 52.7 Å². The molecule has 2 aromatic rings. The van der Waals surface area contributed by atoms with Gasteiger partial charge in [-0.1, -0.05) is 6.07 Å². The third kappa shape index (κ3) is 3.34. The number of hydrazone groups is 1. The van der Waals surface area contributed by atoms with Crippen molar-refractivity contribution >= 4 is 18.1 Å². The van der Waals surface area contributed by atoms with E-state index in [1.807, 2.05) is 25.7 Å². The first kappa shape index (κ1) is 19.9. The van der Waals surface area contributed by atoms with Crippen molar-refractivity contribution in [1.29, 1.82) is 0 Å². The predicted octanol–water partition coefficient (Wildman–Crippen LogP) is 2.91. The van der Waals surface area contributed by atoms with Crippen LogP contribution >= 0.6 is 0 Å². The number of halogens is 1. The highest BCUT2D eigenvalue weighted by atomic mass is 19.1. The van der Waals surface area contributed by atoms with Gasteiger partial charge in [0.1, 0.15) is 5.82 Å². The zero-order valence-electron chi connectivity index (χ0n) is 18.1. The fraction of sp³-hybridized carbons (Fsp3) is 0.478. The molecule has 31 heavy (non-hydrogen) atoms. The minimum atomic E-state index is -0.366. The van der Waals surface area contributed by atoms with Crippen LogP contribution in [0.3, 0.4) is 0 Å². The van der Waals surface area contributed by atoms with Crippen molar-refractivity contribution in [1.82, 2.24) is 20.3 Å². The molecule has 3 aliphatic heterocycles. The summed E-state index contributed by atoms with van der Waals surface area (Å²) in [5.41, 5.74) is 6.85. The molecule has 0 radical (unpaired) electrons. The fourth-order valence-corrected chi connectivity index (χ4v) is 4.88. The highest BCUT2D eigenvalue weighted by molar-refractivity contribution is 5.97. The molecule has 1 N–H and O–H groups in total. The van der Waals surface area contributed by atoms with Crippen LogP contribution < -0.4 is 10.3 Å². The van der Waals surface area contributed by atoms with Crippen molar-refractivity contribution in [3.63, 3.8) is 0 Å². The lowest BCUT2D eigenvalue weighted by Crippen LogP contribution is -2.66. The van der Waals surface area contributed by atoms with Crippen molar-refractivity contribution < 1.29 is 9.18 Å². The lowest BCUT2D eigenvalue weighted by molar-refractivity contribution is 0.00748. The Kier molecular flexibility index (Phi) is 4.87. The van der Waals surface area contributed by atoms with Gasteiger partial charge in [0, 0.05) is 60.7 Å². The molecule has 2 fully saturated rings. The van der Waals surface area contributed by atoms with E-state index in [0.29, 0.717) is 36.6 Å². The summed E-state index contributed by atoms with van der Waals surface area (Å²) in [6.45, 7) is 8.35. The number of amides is 1. The number of aromatic nitrogens is 2. The first-order valence-electron chi connectivity index (χ1n) is 10.9. The van der Waals surface area contributed by atoms with Crippen LogP contribution in [0, 0.1) is 32.5 Å². The Morgan fingerprint density at radius 1 is 1.16 bits per heavy atom. The van der Waals surface area contributed by atoms with Crippen molar-refractivity contribution in [3.05, 3.63) is 52.1 Å². The number of likely N-dealkylation sites (tertiary alicyclic amines) is 1. The van der Waals surface area contributed by atoms with Gasteiger partial charge in [-0.2, -0.15) is 5.10 Å². The van der Waals surface area contributed by atoms with E-state index in [0.717, 1.165) is 35.9 Å². The normalized spacial score (nSPS) is 24.6. The molecule has 8 heteroatoms. The molecule has 1 amide bonds. The zero-order chi connectivity index (χ0) is 21.7. The van der Waals surface area contributed by atoms with E-state index in [1.165, 1.54) is 6.07 Å². The van der Waals surface area contributed by atoms with Crippen LogP contribution in [0.15, 0.2) is 23.3 Å². The monoisotopic (exact) mass is 422 g/mol. The number of nitrogens with one attached hydrogen (secondary N) is 1. The Balaban J connectivity index is 1.38. The van der Waals surface area contributed by atoms with Gasteiger partial charge in [0.2, 0.25) is 5.95 Å². The van der Waals surface area contributed by atoms with Crippen molar-refractivity contribution in [2.45, 2.75) is 45.7 Å². The van der Waals surface area contributed by atoms with E-state index < -0.39 is 0 Å². The number of fused-ring (bicyclic) bond motifs is 1. The van der Waals surface area contributed by atoms with Gasteiger partial charge in [0.25, 0.3) is 5.91 Å². The van der Waals surface area contributed by atoms with Crippen LogP contribution in [-0.2, 0) is 0 Å². The van der Waals surface area contributed by atoms with Gasteiger partial charge in [-0.05, 0) is 44.9 Å². The zero-order valence-corrected chi connectivity index (χ0v) is 18.1. The SMILES string of the molecule is Cc1nc(N2CC[C@@H]3CN(C(=O)c4cccc(F)c4C4CC=NN4)[C@@H]3C2)nc(C)c1C. The molecule has 0 saturated carbocycles. The second-order valence-electron chi connectivity index (χ2n) is 8.77. The van der Waals surface area contributed by atoms with E-state index in [1.54, 1.807) is 18.3 Å². The largest absolute Gasteiger partial charge is 0.339 e. The molecular weight excluding hydrogens is 395 g/mol. The summed E-state index contributed by atoms with van der Waals surface area (Å²) in [6.07, 6.45) is 3.29. The highest BCUT2D eigenvalue weighted by Crippen LogP contribution is 2.36. The molecule has 7 nitrogen and oxygen atoms in total. The first-order chi connectivity index (χ1) is 14.9. The van der Waals surface area contributed by atoms with Gasteiger partial charge in [0.05, 0.1) is 12.1 Å². The van der Waals surface area contributed by atoms with Gasteiger partial charge < -0.3 is 15.2 Å². The molecule has 4 heterocycles. The molecule has 0 bridgehead atoms. The molecule has 0 spiro atoms. The average Bonchev–Trinajstić information content (AvgIpc) is 3.26. The standard InChI is InChI=1S/C23H27FN6O/c1-13-14(2)26-23(27-15(13)3)29-10-8-16-11-30(20(16)12-29)22(31)17-5-4-6-18(24)21(17)19-7-9-25-28-19/h4-6,9,16,19-20,28H,7-8,10-12H2,1-3H3/t16-,19?,20-/m1/s1. The molecule has 162 valence electrons. The van der Waals surface area contributed by atoms with E-state index in [4.69, 9.17) is 0 Å². The number of hydrogen-bond acceptors (Lipinski definition) is 6. The number of piperidine rings is 1. The molecular formula is C23H27FN6O. The smallest absolute Gasteiger partial charge is 0.254 e.